The summed E-state index contributed by atoms with van der Waals surface area (Å²) in [6, 6.07) is 10.6. The van der Waals surface area contributed by atoms with E-state index in [0.717, 1.165) is 4.88 Å². The summed E-state index contributed by atoms with van der Waals surface area (Å²) in [5.41, 5.74) is 0.475. The molecule has 1 amide bonds. The molecule has 0 radical (unpaired) electrons. The molecular formula is C16H14ClN3O3S. The Morgan fingerprint density at radius 1 is 1.25 bits per heavy atom. The molecule has 0 unspecified atom stereocenters. The molecule has 0 aliphatic carbocycles. The largest absolute Gasteiger partial charge is 0.494 e. The van der Waals surface area contributed by atoms with Crippen molar-refractivity contribution in [2.75, 3.05) is 11.9 Å². The molecule has 0 bridgehead atoms. The number of aromatic nitrogens is 2. The molecule has 0 saturated carbocycles. The summed E-state index contributed by atoms with van der Waals surface area (Å²) in [4.78, 5) is 13.2. The number of benzene rings is 1. The lowest BCUT2D eigenvalue weighted by molar-refractivity contribution is 0.102. The lowest BCUT2D eigenvalue weighted by atomic mass is 10.2. The highest BCUT2D eigenvalue weighted by Crippen LogP contribution is 2.24. The second-order valence-electron chi connectivity index (χ2n) is 4.80. The van der Waals surface area contributed by atoms with E-state index in [1.807, 2.05) is 19.1 Å². The van der Waals surface area contributed by atoms with E-state index in [4.69, 9.17) is 20.8 Å². The predicted octanol–water partition coefficient (Wildman–Crippen LogP) is 4.03. The van der Waals surface area contributed by atoms with Crippen molar-refractivity contribution in [3.63, 3.8) is 0 Å². The zero-order chi connectivity index (χ0) is 16.9. The van der Waals surface area contributed by atoms with E-state index in [2.05, 4.69) is 15.5 Å². The fraction of sp³-hybridized carbons (Fsp3) is 0.188. The van der Waals surface area contributed by atoms with Gasteiger partial charge in [0.25, 0.3) is 5.91 Å². The minimum Gasteiger partial charge on any atom is -0.494 e. The lowest BCUT2D eigenvalue weighted by Crippen LogP contribution is -2.12. The van der Waals surface area contributed by atoms with Crippen LogP contribution in [0.5, 0.6) is 5.75 Å². The van der Waals surface area contributed by atoms with Crippen LogP contribution in [0.1, 0.15) is 28.0 Å². The highest BCUT2D eigenvalue weighted by molar-refractivity contribution is 7.16. The number of hydrogen-bond acceptors (Lipinski definition) is 6. The number of thiophene rings is 1. The second kappa shape index (κ2) is 7.46. The first kappa shape index (κ1) is 16.5. The normalized spacial score (nSPS) is 10.6. The van der Waals surface area contributed by atoms with Crippen molar-refractivity contribution in [3.05, 3.63) is 57.1 Å². The average Bonchev–Trinajstić information content (AvgIpc) is 3.18. The first-order valence-electron chi connectivity index (χ1n) is 7.25. The van der Waals surface area contributed by atoms with Crippen molar-refractivity contribution < 1.29 is 13.9 Å². The van der Waals surface area contributed by atoms with E-state index in [9.17, 15) is 4.79 Å². The van der Waals surface area contributed by atoms with Gasteiger partial charge < -0.3 is 9.15 Å². The van der Waals surface area contributed by atoms with Crippen LogP contribution in [0.15, 0.2) is 40.8 Å². The molecule has 1 aromatic carbocycles. The smallest absolute Gasteiger partial charge is 0.322 e. The van der Waals surface area contributed by atoms with E-state index >= 15 is 0 Å². The first-order chi connectivity index (χ1) is 11.6. The number of anilines is 1. The second-order valence-corrected chi connectivity index (χ2v) is 6.59. The van der Waals surface area contributed by atoms with Gasteiger partial charge in [-0.2, -0.15) is 0 Å². The number of rotatable bonds is 6. The average molecular weight is 364 g/mol. The number of carbonyl (C=O) groups excluding carboxylic acids is 1. The zero-order valence-corrected chi connectivity index (χ0v) is 14.4. The van der Waals surface area contributed by atoms with Gasteiger partial charge >= 0.3 is 6.01 Å². The van der Waals surface area contributed by atoms with Gasteiger partial charge in [-0.05, 0) is 43.3 Å². The van der Waals surface area contributed by atoms with Crippen LogP contribution in [0.2, 0.25) is 4.34 Å². The Morgan fingerprint density at radius 3 is 2.71 bits per heavy atom. The maximum atomic E-state index is 12.2. The van der Waals surface area contributed by atoms with Crippen molar-refractivity contribution >= 4 is 34.9 Å². The van der Waals surface area contributed by atoms with Crippen LogP contribution in [0, 0.1) is 0 Å². The third-order valence-electron chi connectivity index (χ3n) is 3.07. The lowest BCUT2D eigenvalue weighted by Gasteiger charge is -2.04. The van der Waals surface area contributed by atoms with E-state index < -0.39 is 0 Å². The van der Waals surface area contributed by atoms with Crippen LogP contribution >= 0.6 is 22.9 Å². The molecule has 0 spiro atoms. The summed E-state index contributed by atoms with van der Waals surface area (Å²) in [7, 11) is 0. The third-order valence-corrected chi connectivity index (χ3v) is 4.30. The van der Waals surface area contributed by atoms with Crippen molar-refractivity contribution in [3.8, 4) is 5.75 Å². The van der Waals surface area contributed by atoms with E-state index in [1.165, 1.54) is 11.3 Å². The molecule has 2 heterocycles. The predicted molar refractivity (Wildman–Crippen MR) is 92.0 cm³/mol. The van der Waals surface area contributed by atoms with Gasteiger partial charge in [-0.15, -0.1) is 16.4 Å². The number of ether oxygens (including phenoxy) is 1. The minimum atomic E-state index is -0.326. The molecular weight excluding hydrogens is 350 g/mol. The fourth-order valence-corrected chi connectivity index (χ4v) is 3.09. The first-order valence-corrected chi connectivity index (χ1v) is 8.44. The molecule has 0 aliphatic heterocycles. The number of nitrogens with zero attached hydrogens (tertiary/aromatic N) is 2. The van der Waals surface area contributed by atoms with Gasteiger partial charge in [0, 0.05) is 10.4 Å². The van der Waals surface area contributed by atoms with Gasteiger partial charge in [0.1, 0.15) is 5.75 Å². The SMILES string of the molecule is CCOc1ccc(C(=O)Nc2nnc(Cc3ccc(Cl)s3)o2)cc1. The molecule has 24 heavy (non-hydrogen) atoms. The Hall–Kier alpha value is -2.38. The Labute approximate surface area is 147 Å². The standard InChI is InChI=1S/C16H14ClN3O3S/c1-2-22-11-5-3-10(4-6-11)15(21)18-16-20-19-14(23-16)9-12-7-8-13(17)24-12/h3-8H,2,9H2,1H3,(H,18,20,21). The fourth-order valence-electron chi connectivity index (χ4n) is 2.01. The maximum absolute atomic E-state index is 12.2. The number of hydrogen-bond donors (Lipinski definition) is 1. The summed E-state index contributed by atoms with van der Waals surface area (Å²) in [6.07, 6.45) is 0.476. The molecule has 3 aromatic rings. The van der Waals surface area contributed by atoms with Crippen LogP contribution in [0.4, 0.5) is 6.01 Å². The van der Waals surface area contributed by atoms with Crippen molar-refractivity contribution in [1.82, 2.24) is 10.2 Å². The van der Waals surface area contributed by atoms with Gasteiger partial charge in [0.05, 0.1) is 17.4 Å². The number of carbonyl (C=O) groups is 1. The molecule has 6 nitrogen and oxygen atoms in total. The molecule has 0 fully saturated rings. The van der Waals surface area contributed by atoms with Crippen molar-refractivity contribution in [1.29, 1.82) is 0 Å². The third kappa shape index (κ3) is 4.12. The van der Waals surface area contributed by atoms with E-state index in [0.29, 0.717) is 34.6 Å². The topological polar surface area (TPSA) is 77.2 Å². The van der Waals surface area contributed by atoms with Crippen LogP contribution in [-0.4, -0.2) is 22.7 Å². The Kier molecular flexibility index (Phi) is 5.12. The van der Waals surface area contributed by atoms with Gasteiger partial charge in [0.15, 0.2) is 0 Å². The van der Waals surface area contributed by atoms with Crippen molar-refractivity contribution in [2.24, 2.45) is 0 Å². The Morgan fingerprint density at radius 2 is 2.04 bits per heavy atom. The summed E-state index contributed by atoms with van der Waals surface area (Å²) in [5.74, 6) is 0.798. The molecule has 0 saturated heterocycles. The molecule has 3 rings (SSSR count). The Bertz CT molecular complexity index is 829. The highest BCUT2D eigenvalue weighted by atomic mass is 35.5. The van der Waals surface area contributed by atoms with Crippen LogP contribution in [0.3, 0.4) is 0 Å². The molecule has 2 aromatic heterocycles. The van der Waals surface area contributed by atoms with Crippen LogP contribution in [-0.2, 0) is 6.42 Å². The zero-order valence-electron chi connectivity index (χ0n) is 12.8. The molecule has 1 N–H and O–H groups in total. The molecule has 0 aliphatic rings. The van der Waals surface area contributed by atoms with E-state index in [-0.39, 0.29) is 11.9 Å². The summed E-state index contributed by atoms with van der Waals surface area (Å²) >= 11 is 7.33. The summed E-state index contributed by atoms with van der Waals surface area (Å²) in [6.45, 7) is 2.48. The highest BCUT2D eigenvalue weighted by Gasteiger charge is 2.12. The van der Waals surface area contributed by atoms with Gasteiger partial charge in [-0.3, -0.25) is 10.1 Å². The van der Waals surface area contributed by atoms with Gasteiger partial charge in [0.2, 0.25) is 5.89 Å². The summed E-state index contributed by atoms with van der Waals surface area (Å²) < 4.78 is 11.5. The number of amides is 1. The molecule has 8 heteroatoms. The molecule has 124 valence electrons. The molecule has 0 atom stereocenters. The monoisotopic (exact) mass is 363 g/mol. The number of halogens is 1. The minimum absolute atomic E-state index is 0.0616. The maximum Gasteiger partial charge on any atom is 0.322 e. The van der Waals surface area contributed by atoms with Crippen LogP contribution in [0.25, 0.3) is 0 Å². The quantitative estimate of drug-likeness (QED) is 0.715. The Balaban J connectivity index is 1.62. The summed E-state index contributed by atoms with van der Waals surface area (Å²) in [5, 5.41) is 10.3. The van der Waals surface area contributed by atoms with Crippen molar-refractivity contribution in [2.45, 2.75) is 13.3 Å². The van der Waals surface area contributed by atoms with E-state index in [1.54, 1.807) is 24.3 Å². The van der Waals surface area contributed by atoms with Gasteiger partial charge in [-0.1, -0.05) is 16.7 Å². The van der Waals surface area contributed by atoms with Gasteiger partial charge in [-0.25, -0.2) is 0 Å². The van der Waals surface area contributed by atoms with Crippen LogP contribution < -0.4 is 10.1 Å². The number of nitrogens with one attached hydrogen (secondary N) is 1.